The van der Waals surface area contributed by atoms with Gasteiger partial charge in [-0.05, 0) is 31.5 Å². The van der Waals surface area contributed by atoms with Gasteiger partial charge in [0.15, 0.2) is 17.4 Å². The van der Waals surface area contributed by atoms with Crippen molar-refractivity contribution in [3.63, 3.8) is 0 Å². The summed E-state index contributed by atoms with van der Waals surface area (Å²) < 4.78 is 20.7. The lowest BCUT2D eigenvalue weighted by Gasteiger charge is -2.17. The Morgan fingerprint density at radius 3 is 2.51 bits per heavy atom. The van der Waals surface area contributed by atoms with Gasteiger partial charge in [-0.15, -0.1) is 0 Å². The molecule has 0 saturated carbocycles. The molecule has 0 atom stereocenters. The van der Waals surface area contributed by atoms with Crippen LogP contribution in [0, 0.1) is 11.2 Å². The van der Waals surface area contributed by atoms with Crippen molar-refractivity contribution in [1.82, 2.24) is 14.9 Å². The fourth-order valence-electron chi connectivity index (χ4n) is 3.43. The summed E-state index contributed by atoms with van der Waals surface area (Å²) in [5, 5.41) is 13.2. The van der Waals surface area contributed by atoms with Crippen LogP contribution in [0.5, 0.6) is 5.75 Å². The molecule has 0 aliphatic carbocycles. The molecule has 0 aliphatic rings. The van der Waals surface area contributed by atoms with Crippen LogP contribution in [-0.2, 0) is 17.9 Å². The van der Waals surface area contributed by atoms with E-state index in [0.717, 1.165) is 5.56 Å². The molecule has 0 saturated heterocycles. The molecule has 11 heteroatoms. The van der Waals surface area contributed by atoms with Crippen molar-refractivity contribution in [2.75, 3.05) is 18.2 Å². The van der Waals surface area contributed by atoms with E-state index in [1.807, 2.05) is 13.8 Å². The molecular weight excluding hydrogens is 453 g/mol. The predicted molar refractivity (Wildman–Crippen MR) is 133 cm³/mol. The second-order valence-corrected chi connectivity index (χ2v) is 8.15. The number of nitrogens with two attached hydrogens (primary N) is 2. The van der Waals surface area contributed by atoms with Gasteiger partial charge in [0, 0.05) is 23.7 Å². The number of anilines is 2. The lowest BCUT2D eigenvalue weighted by Crippen LogP contribution is -2.35. The lowest BCUT2D eigenvalue weighted by atomic mass is 10.1. The fraction of sp³-hybridized carbons (Fsp3) is 0.250. The SMILES string of the molecule is COc1c(N)cc(-c2cnc(NC(C)C)c(=O)n2CC(=O)NCc2ccc(C(=N)N)cc2)cc1F. The summed E-state index contributed by atoms with van der Waals surface area (Å²) in [5.41, 5.74) is 12.7. The Morgan fingerprint density at radius 1 is 1.26 bits per heavy atom. The third-order valence-electron chi connectivity index (χ3n) is 5.11. The molecule has 184 valence electrons. The molecule has 0 fully saturated rings. The first kappa shape index (κ1) is 25.2. The summed E-state index contributed by atoms with van der Waals surface area (Å²) in [5.74, 6) is -1.23. The predicted octanol–water partition coefficient (Wildman–Crippen LogP) is 2.06. The third kappa shape index (κ3) is 5.94. The maximum Gasteiger partial charge on any atom is 0.294 e. The van der Waals surface area contributed by atoms with Crippen LogP contribution in [0.2, 0.25) is 0 Å². The van der Waals surface area contributed by atoms with Gasteiger partial charge in [-0.1, -0.05) is 24.3 Å². The number of carbonyl (C=O) groups is 1. The molecule has 0 unspecified atom stereocenters. The largest absolute Gasteiger partial charge is 0.492 e. The van der Waals surface area contributed by atoms with Crippen molar-refractivity contribution < 1.29 is 13.9 Å². The Morgan fingerprint density at radius 2 is 1.94 bits per heavy atom. The molecule has 7 N–H and O–H groups in total. The van der Waals surface area contributed by atoms with Gasteiger partial charge in [0.05, 0.1) is 24.7 Å². The Bertz CT molecular complexity index is 1280. The molecule has 0 radical (unpaired) electrons. The Kier molecular flexibility index (Phi) is 7.69. The van der Waals surface area contributed by atoms with Crippen LogP contribution < -0.4 is 32.4 Å². The van der Waals surface area contributed by atoms with E-state index < -0.39 is 17.3 Å². The number of ether oxygens (including phenoxy) is 1. The van der Waals surface area contributed by atoms with Gasteiger partial charge in [-0.25, -0.2) is 9.37 Å². The number of amides is 1. The van der Waals surface area contributed by atoms with E-state index in [-0.39, 0.29) is 53.5 Å². The van der Waals surface area contributed by atoms with Crippen molar-refractivity contribution in [3.8, 4) is 17.0 Å². The lowest BCUT2D eigenvalue weighted by molar-refractivity contribution is -0.121. The average Bonchev–Trinajstić information content (AvgIpc) is 2.80. The van der Waals surface area contributed by atoms with E-state index in [1.54, 1.807) is 24.3 Å². The molecular formula is C24H28FN7O3. The number of carbonyl (C=O) groups excluding carboxylic acids is 1. The molecule has 3 rings (SSSR count). The van der Waals surface area contributed by atoms with Crippen LogP contribution in [-0.4, -0.2) is 34.4 Å². The van der Waals surface area contributed by atoms with Crippen molar-refractivity contribution in [2.24, 2.45) is 5.73 Å². The molecule has 0 spiro atoms. The second kappa shape index (κ2) is 10.7. The third-order valence-corrected chi connectivity index (χ3v) is 5.11. The second-order valence-electron chi connectivity index (χ2n) is 8.15. The number of nitrogens with one attached hydrogen (secondary N) is 3. The zero-order chi connectivity index (χ0) is 25.7. The monoisotopic (exact) mass is 481 g/mol. The highest BCUT2D eigenvalue weighted by atomic mass is 19.1. The van der Waals surface area contributed by atoms with Gasteiger partial charge >= 0.3 is 0 Å². The van der Waals surface area contributed by atoms with Crippen molar-refractivity contribution in [2.45, 2.75) is 33.0 Å². The Balaban J connectivity index is 1.92. The van der Waals surface area contributed by atoms with Crippen molar-refractivity contribution in [3.05, 3.63) is 69.9 Å². The standard InChI is InChI=1S/C24H28FN7O3/c1-13(2)31-23-24(34)32(12-20(33)29-10-14-4-6-15(7-5-14)22(27)28)19(11-30-23)16-8-17(25)21(35-3)18(26)9-16/h4-9,11,13H,10,12,26H2,1-3H3,(H3,27,28)(H,29,33)(H,30,31). The summed E-state index contributed by atoms with van der Waals surface area (Å²) >= 11 is 0. The topological polar surface area (TPSA) is 161 Å². The quantitative estimate of drug-likeness (QED) is 0.177. The number of benzene rings is 2. The van der Waals surface area contributed by atoms with Crippen molar-refractivity contribution in [1.29, 1.82) is 5.41 Å². The molecule has 10 nitrogen and oxygen atoms in total. The van der Waals surface area contributed by atoms with E-state index in [4.69, 9.17) is 21.6 Å². The molecule has 0 aliphatic heterocycles. The van der Waals surface area contributed by atoms with Gasteiger partial charge < -0.3 is 26.8 Å². The number of hydrogen-bond acceptors (Lipinski definition) is 7. The minimum Gasteiger partial charge on any atom is -0.492 e. The van der Waals surface area contributed by atoms with E-state index in [1.165, 1.54) is 30.0 Å². The van der Waals surface area contributed by atoms with Gasteiger partial charge in [-0.2, -0.15) is 0 Å². The number of methoxy groups -OCH3 is 1. The zero-order valence-corrected chi connectivity index (χ0v) is 19.7. The number of nitrogens with zero attached hydrogens (tertiary/aromatic N) is 2. The fourth-order valence-corrected chi connectivity index (χ4v) is 3.43. The first-order valence-corrected chi connectivity index (χ1v) is 10.8. The van der Waals surface area contributed by atoms with Crippen LogP contribution in [0.25, 0.3) is 11.3 Å². The van der Waals surface area contributed by atoms with Gasteiger partial charge in [0.1, 0.15) is 12.4 Å². The maximum absolute atomic E-state index is 14.5. The average molecular weight is 482 g/mol. The smallest absolute Gasteiger partial charge is 0.294 e. The van der Waals surface area contributed by atoms with E-state index in [2.05, 4.69) is 15.6 Å². The number of aromatic nitrogens is 2. The molecule has 1 heterocycles. The molecule has 35 heavy (non-hydrogen) atoms. The van der Waals surface area contributed by atoms with E-state index in [9.17, 15) is 14.0 Å². The highest BCUT2D eigenvalue weighted by Crippen LogP contribution is 2.31. The molecule has 2 aromatic carbocycles. The van der Waals surface area contributed by atoms with Crippen LogP contribution >= 0.6 is 0 Å². The first-order chi connectivity index (χ1) is 16.6. The number of rotatable bonds is 9. The molecule has 3 aromatic rings. The van der Waals surface area contributed by atoms with Crippen LogP contribution in [0.15, 0.2) is 47.4 Å². The summed E-state index contributed by atoms with van der Waals surface area (Å²) in [6.07, 6.45) is 1.39. The molecule has 1 aromatic heterocycles. The summed E-state index contributed by atoms with van der Waals surface area (Å²) in [7, 11) is 1.30. The van der Waals surface area contributed by atoms with Crippen LogP contribution in [0.4, 0.5) is 15.9 Å². The van der Waals surface area contributed by atoms with Crippen LogP contribution in [0.3, 0.4) is 0 Å². The number of halogens is 1. The first-order valence-electron chi connectivity index (χ1n) is 10.8. The maximum atomic E-state index is 14.5. The number of hydrogen-bond donors (Lipinski definition) is 5. The normalized spacial score (nSPS) is 10.8. The van der Waals surface area contributed by atoms with Crippen LogP contribution in [0.1, 0.15) is 25.0 Å². The van der Waals surface area contributed by atoms with E-state index >= 15 is 0 Å². The van der Waals surface area contributed by atoms with E-state index in [0.29, 0.717) is 5.56 Å². The summed E-state index contributed by atoms with van der Waals surface area (Å²) in [6, 6.07) is 9.41. The Hall–Kier alpha value is -4.41. The summed E-state index contributed by atoms with van der Waals surface area (Å²) in [4.78, 5) is 30.1. The highest BCUT2D eigenvalue weighted by molar-refractivity contribution is 5.94. The van der Waals surface area contributed by atoms with Gasteiger partial charge in [0.25, 0.3) is 5.56 Å². The molecule has 1 amide bonds. The molecule has 0 bridgehead atoms. The Labute approximate surface area is 201 Å². The summed E-state index contributed by atoms with van der Waals surface area (Å²) in [6.45, 7) is 3.57. The highest BCUT2D eigenvalue weighted by Gasteiger charge is 2.18. The minimum absolute atomic E-state index is 0.0457. The minimum atomic E-state index is -0.704. The van der Waals surface area contributed by atoms with Gasteiger partial charge in [0.2, 0.25) is 5.91 Å². The van der Waals surface area contributed by atoms with Crippen molar-refractivity contribution >= 4 is 23.2 Å². The number of amidine groups is 1. The zero-order valence-electron chi connectivity index (χ0n) is 19.7. The number of nitrogen functional groups attached to an aromatic ring is 2. The van der Waals surface area contributed by atoms with Gasteiger partial charge in [-0.3, -0.25) is 19.6 Å².